The van der Waals surface area contributed by atoms with Crippen molar-refractivity contribution in [3.8, 4) is 0 Å². The van der Waals surface area contributed by atoms with Crippen molar-refractivity contribution in [2.75, 3.05) is 51.6 Å². The van der Waals surface area contributed by atoms with Crippen LogP contribution in [-0.4, -0.2) is 67.9 Å². The summed E-state index contributed by atoms with van der Waals surface area (Å²) >= 11 is 0. The molecular formula is C22H34N4O2. The van der Waals surface area contributed by atoms with Crippen LogP contribution in [0.25, 0.3) is 0 Å². The van der Waals surface area contributed by atoms with Crippen LogP contribution >= 0.6 is 0 Å². The molecule has 0 radical (unpaired) electrons. The monoisotopic (exact) mass is 386 g/mol. The van der Waals surface area contributed by atoms with Gasteiger partial charge in [0.1, 0.15) is 0 Å². The molecular weight excluding hydrogens is 352 g/mol. The lowest BCUT2D eigenvalue weighted by Crippen LogP contribution is -2.47. The van der Waals surface area contributed by atoms with Crippen molar-refractivity contribution in [1.82, 2.24) is 15.1 Å². The fourth-order valence-electron chi connectivity index (χ4n) is 4.08. The topological polar surface area (TPSA) is 64.7 Å². The summed E-state index contributed by atoms with van der Waals surface area (Å²) in [6, 6.07) is 7.69. The van der Waals surface area contributed by atoms with Crippen molar-refractivity contribution < 1.29 is 9.59 Å². The van der Waals surface area contributed by atoms with Gasteiger partial charge in [0.25, 0.3) is 0 Å². The molecule has 2 aliphatic rings. The van der Waals surface area contributed by atoms with Crippen molar-refractivity contribution in [2.45, 2.75) is 32.6 Å². The number of nitrogens with zero attached hydrogens (tertiary/aromatic N) is 2. The van der Waals surface area contributed by atoms with Gasteiger partial charge in [0, 0.05) is 38.3 Å². The molecule has 154 valence electrons. The van der Waals surface area contributed by atoms with Gasteiger partial charge >= 0.3 is 0 Å². The molecule has 2 amide bonds. The predicted octanol–water partition coefficient (Wildman–Crippen LogP) is 1.97. The first-order valence-electron chi connectivity index (χ1n) is 10.6. The molecule has 0 aromatic heterocycles. The molecule has 0 spiro atoms. The number of likely N-dealkylation sites (N-methyl/N-ethyl adjacent to an activating group) is 1. The third-order valence-corrected chi connectivity index (χ3v) is 6.10. The van der Waals surface area contributed by atoms with Gasteiger partial charge in [-0.1, -0.05) is 19.1 Å². The molecule has 6 nitrogen and oxygen atoms in total. The van der Waals surface area contributed by atoms with Crippen LogP contribution in [0.3, 0.4) is 0 Å². The maximum absolute atomic E-state index is 12.4. The van der Waals surface area contributed by atoms with Gasteiger partial charge < -0.3 is 20.4 Å². The Morgan fingerprint density at radius 2 is 1.89 bits per heavy atom. The van der Waals surface area contributed by atoms with E-state index in [2.05, 4.69) is 29.5 Å². The van der Waals surface area contributed by atoms with E-state index >= 15 is 0 Å². The molecule has 6 heteroatoms. The molecule has 2 heterocycles. The van der Waals surface area contributed by atoms with E-state index in [9.17, 15) is 9.59 Å². The summed E-state index contributed by atoms with van der Waals surface area (Å²) in [5, 5.41) is 6.42. The zero-order valence-electron chi connectivity index (χ0n) is 17.2. The molecule has 2 N–H and O–H groups in total. The zero-order chi connectivity index (χ0) is 19.9. The lowest BCUT2D eigenvalue weighted by Gasteiger charge is -2.32. The Morgan fingerprint density at radius 1 is 1.18 bits per heavy atom. The van der Waals surface area contributed by atoms with Gasteiger partial charge in [-0.3, -0.25) is 9.59 Å². The number of piperazine rings is 1. The number of benzene rings is 1. The van der Waals surface area contributed by atoms with Crippen molar-refractivity contribution in [1.29, 1.82) is 0 Å². The van der Waals surface area contributed by atoms with Crippen molar-refractivity contribution in [3.05, 3.63) is 29.8 Å². The molecule has 0 aliphatic carbocycles. The SMILES string of the molecule is CC(CC(=O)Nc1ccc(CC(=O)N2CCN(C)CC2)cc1)C1CCCNC1. The Morgan fingerprint density at radius 3 is 2.54 bits per heavy atom. The van der Waals surface area contributed by atoms with Crippen molar-refractivity contribution in [2.24, 2.45) is 11.8 Å². The first-order chi connectivity index (χ1) is 13.5. The number of nitrogens with one attached hydrogen (secondary N) is 2. The van der Waals surface area contributed by atoms with E-state index in [1.807, 2.05) is 29.2 Å². The second-order valence-electron chi connectivity index (χ2n) is 8.39. The second kappa shape index (κ2) is 10.0. The minimum absolute atomic E-state index is 0.0688. The Balaban J connectivity index is 1.44. The van der Waals surface area contributed by atoms with E-state index in [1.54, 1.807) is 0 Å². The van der Waals surface area contributed by atoms with Crippen LogP contribution in [0.4, 0.5) is 5.69 Å². The third-order valence-electron chi connectivity index (χ3n) is 6.10. The molecule has 1 aromatic carbocycles. The highest BCUT2D eigenvalue weighted by Crippen LogP contribution is 2.23. The van der Waals surface area contributed by atoms with E-state index < -0.39 is 0 Å². The Kier molecular flexibility index (Phi) is 7.45. The first-order valence-corrected chi connectivity index (χ1v) is 10.6. The molecule has 2 unspecified atom stereocenters. The molecule has 2 saturated heterocycles. The average Bonchev–Trinajstić information content (AvgIpc) is 2.70. The van der Waals surface area contributed by atoms with Gasteiger partial charge in [-0.15, -0.1) is 0 Å². The van der Waals surface area contributed by atoms with E-state index in [0.717, 1.165) is 50.5 Å². The fraction of sp³-hybridized carbons (Fsp3) is 0.636. The lowest BCUT2D eigenvalue weighted by atomic mass is 9.85. The largest absolute Gasteiger partial charge is 0.340 e. The number of piperidine rings is 1. The van der Waals surface area contributed by atoms with Crippen LogP contribution in [0, 0.1) is 11.8 Å². The number of hydrogen-bond acceptors (Lipinski definition) is 4. The maximum atomic E-state index is 12.4. The normalized spacial score (nSPS) is 21.9. The smallest absolute Gasteiger partial charge is 0.227 e. The number of amides is 2. The Labute approximate surface area is 168 Å². The fourth-order valence-corrected chi connectivity index (χ4v) is 4.08. The molecule has 1 aromatic rings. The Bertz CT molecular complexity index is 647. The van der Waals surface area contributed by atoms with Crippen LogP contribution in [0.5, 0.6) is 0 Å². The number of carbonyl (C=O) groups excluding carboxylic acids is 2. The number of anilines is 1. The van der Waals surface area contributed by atoms with Gasteiger partial charge in [0.2, 0.25) is 11.8 Å². The summed E-state index contributed by atoms with van der Waals surface area (Å²) in [7, 11) is 2.08. The molecule has 0 saturated carbocycles. The number of hydrogen-bond donors (Lipinski definition) is 2. The van der Waals surface area contributed by atoms with Gasteiger partial charge in [-0.05, 0) is 62.5 Å². The van der Waals surface area contributed by atoms with Crippen LogP contribution in [-0.2, 0) is 16.0 Å². The average molecular weight is 387 g/mol. The zero-order valence-corrected chi connectivity index (χ0v) is 17.2. The van der Waals surface area contributed by atoms with Gasteiger partial charge in [0.15, 0.2) is 0 Å². The summed E-state index contributed by atoms with van der Waals surface area (Å²) in [4.78, 5) is 29.0. The highest BCUT2D eigenvalue weighted by Gasteiger charge is 2.22. The molecule has 2 fully saturated rings. The quantitative estimate of drug-likeness (QED) is 0.785. The standard InChI is InChI=1S/C22H34N4O2/c1-17(19-4-3-9-23-16-19)14-21(27)24-20-7-5-18(6-8-20)15-22(28)26-12-10-25(2)11-13-26/h5-8,17,19,23H,3-4,9-16H2,1-2H3,(H,24,27). The molecule has 2 aliphatic heterocycles. The van der Waals surface area contributed by atoms with Crippen LogP contribution in [0.2, 0.25) is 0 Å². The van der Waals surface area contributed by atoms with E-state index in [0.29, 0.717) is 24.7 Å². The summed E-state index contributed by atoms with van der Waals surface area (Å²) in [5.74, 6) is 1.22. The van der Waals surface area contributed by atoms with E-state index in [1.165, 1.54) is 12.8 Å². The third kappa shape index (κ3) is 6.04. The van der Waals surface area contributed by atoms with Gasteiger partial charge in [-0.25, -0.2) is 0 Å². The van der Waals surface area contributed by atoms with Crippen molar-refractivity contribution >= 4 is 17.5 Å². The Hall–Kier alpha value is -1.92. The highest BCUT2D eigenvalue weighted by molar-refractivity contribution is 5.91. The summed E-state index contributed by atoms with van der Waals surface area (Å²) in [5.41, 5.74) is 1.79. The minimum Gasteiger partial charge on any atom is -0.340 e. The first kappa shape index (κ1) is 20.8. The predicted molar refractivity (Wildman–Crippen MR) is 112 cm³/mol. The molecule has 3 rings (SSSR count). The highest BCUT2D eigenvalue weighted by atomic mass is 16.2. The molecule has 2 atom stereocenters. The molecule has 0 bridgehead atoms. The summed E-state index contributed by atoms with van der Waals surface area (Å²) in [6.07, 6.45) is 3.38. The van der Waals surface area contributed by atoms with Crippen molar-refractivity contribution in [3.63, 3.8) is 0 Å². The van der Waals surface area contributed by atoms with Gasteiger partial charge in [-0.2, -0.15) is 0 Å². The van der Waals surface area contributed by atoms with Crippen LogP contribution < -0.4 is 10.6 Å². The minimum atomic E-state index is 0.0688. The lowest BCUT2D eigenvalue weighted by molar-refractivity contribution is -0.132. The summed E-state index contributed by atoms with van der Waals surface area (Å²) < 4.78 is 0. The number of rotatable bonds is 6. The van der Waals surface area contributed by atoms with E-state index in [4.69, 9.17) is 0 Å². The summed E-state index contributed by atoms with van der Waals surface area (Å²) in [6.45, 7) is 7.77. The van der Waals surface area contributed by atoms with Crippen LogP contribution in [0.1, 0.15) is 31.7 Å². The van der Waals surface area contributed by atoms with Crippen LogP contribution in [0.15, 0.2) is 24.3 Å². The van der Waals surface area contributed by atoms with Gasteiger partial charge in [0.05, 0.1) is 6.42 Å². The second-order valence-corrected chi connectivity index (χ2v) is 8.39. The maximum Gasteiger partial charge on any atom is 0.227 e. The molecule has 28 heavy (non-hydrogen) atoms. The number of carbonyl (C=O) groups is 2. The van der Waals surface area contributed by atoms with E-state index in [-0.39, 0.29) is 11.8 Å².